The number of carbonyl (C=O) groups is 2. The minimum absolute atomic E-state index is 0.0115. The molecule has 12 nitrogen and oxygen atoms in total. The number of aromatic amines is 1. The number of hydrogen-bond acceptors (Lipinski definition) is 10. The van der Waals surface area contributed by atoms with Crippen LogP contribution in [0.3, 0.4) is 0 Å². The van der Waals surface area contributed by atoms with Gasteiger partial charge in [0, 0.05) is 12.5 Å². The molecule has 0 amide bonds. The summed E-state index contributed by atoms with van der Waals surface area (Å²) < 4.78 is 12.6. The van der Waals surface area contributed by atoms with Gasteiger partial charge in [0.15, 0.2) is 11.2 Å². The maximum absolute atomic E-state index is 12.4. The van der Waals surface area contributed by atoms with Crippen LogP contribution in [0.15, 0.2) is 11.1 Å². The van der Waals surface area contributed by atoms with Crippen molar-refractivity contribution in [1.29, 1.82) is 0 Å². The highest BCUT2D eigenvalue weighted by Gasteiger charge is 2.25. The topological polar surface area (TPSA) is 194 Å². The zero-order valence-electron chi connectivity index (χ0n) is 20.3. The molecule has 0 aromatic carbocycles. The Hall–Kier alpha value is -2.99. The summed E-state index contributed by atoms with van der Waals surface area (Å²) in [7, 11) is 0. The Morgan fingerprint density at radius 2 is 1.59 bits per heavy atom. The van der Waals surface area contributed by atoms with Crippen molar-refractivity contribution in [3.8, 4) is 0 Å². The Balaban J connectivity index is 2.09. The minimum atomic E-state index is -0.733. The summed E-state index contributed by atoms with van der Waals surface area (Å²) in [6.07, 6.45) is 3.41. The Kier molecular flexibility index (Phi) is 9.99. The first-order valence-corrected chi connectivity index (χ1v) is 11.6. The number of ether oxygens (including phenoxy) is 2. The quantitative estimate of drug-likeness (QED) is 0.294. The van der Waals surface area contributed by atoms with E-state index in [1.165, 1.54) is 6.33 Å². The molecule has 34 heavy (non-hydrogen) atoms. The molecule has 0 aliphatic heterocycles. The number of H-pyrrole nitrogens is 1. The Labute approximate surface area is 198 Å². The summed E-state index contributed by atoms with van der Waals surface area (Å²) in [6.45, 7) is 8.05. The van der Waals surface area contributed by atoms with Crippen LogP contribution in [0.2, 0.25) is 0 Å². The van der Waals surface area contributed by atoms with Gasteiger partial charge >= 0.3 is 11.9 Å². The molecule has 0 radical (unpaired) electrons. The van der Waals surface area contributed by atoms with E-state index in [1.807, 2.05) is 27.7 Å². The average molecular weight is 480 g/mol. The Bertz CT molecular complexity index is 989. The van der Waals surface area contributed by atoms with Crippen molar-refractivity contribution < 1.29 is 19.1 Å². The van der Waals surface area contributed by atoms with Crippen LogP contribution in [0.25, 0.3) is 11.2 Å². The van der Waals surface area contributed by atoms with E-state index in [0.29, 0.717) is 18.6 Å². The molecular weight excluding hydrogens is 442 g/mol. The van der Waals surface area contributed by atoms with Gasteiger partial charge in [-0.1, -0.05) is 40.5 Å². The highest BCUT2D eigenvalue weighted by atomic mass is 16.5. The van der Waals surface area contributed by atoms with Gasteiger partial charge in [-0.3, -0.25) is 19.4 Å². The van der Waals surface area contributed by atoms with Crippen LogP contribution in [0, 0.1) is 17.8 Å². The summed E-state index contributed by atoms with van der Waals surface area (Å²) in [5, 5.41) is 0. The van der Waals surface area contributed by atoms with Crippen LogP contribution < -0.4 is 22.8 Å². The summed E-state index contributed by atoms with van der Waals surface area (Å²) in [6, 6.07) is -1.47. The van der Waals surface area contributed by atoms with Crippen LogP contribution >= 0.6 is 0 Å². The number of aryl methyl sites for hydroxylation is 1. The van der Waals surface area contributed by atoms with Gasteiger partial charge < -0.3 is 31.2 Å². The van der Waals surface area contributed by atoms with E-state index in [1.54, 1.807) is 4.57 Å². The summed E-state index contributed by atoms with van der Waals surface area (Å²) in [5.74, 6) is -1.41. The van der Waals surface area contributed by atoms with E-state index in [4.69, 9.17) is 26.7 Å². The number of imidazole rings is 1. The van der Waals surface area contributed by atoms with Gasteiger partial charge in [-0.05, 0) is 18.3 Å². The molecule has 2 rings (SSSR count). The third kappa shape index (κ3) is 7.00. The molecule has 2 heterocycles. The third-order valence-corrected chi connectivity index (χ3v) is 6.25. The number of nitrogens with two attached hydrogens (primary N) is 3. The van der Waals surface area contributed by atoms with Gasteiger partial charge in [0.25, 0.3) is 5.56 Å². The number of nitrogen functional groups attached to an aromatic ring is 1. The van der Waals surface area contributed by atoms with Gasteiger partial charge in [0.2, 0.25) is 5.95 Å². The first-order chi connectivity index (χ1) is 16.1. The monoisotopic (exact) mass is 479 g/mol. The van der Waals surface area contributed by atoms with Gasteiger partial charge in [-0.2, -0.15) is 4.98 Å². The van der Waals surface area contributed by atoms with E-state index in [9.17, 15) is 14.4 Å². The smallest absolute Gasteiger partial charge is 0.323 e. The first kappa shape index (κ1) is 27.3. The number of rotatable bonds is 13. The highest BCUT2D eigenvalue weighted by molar-refractivity contribution is 5.76. The number of nitrogens with one attached hydrogen (secondary N) is 1. The Morgan fingerprint density at radius 3 is 2.09 bits per heavy atom. The number of nitrogens with zero attached hydrogens (tertiary/aromatic N) is 3. The largest absolute Gasteiger partial charge is 0.464 e. The van der Waals surface area contributed by atoms with Crippen LogP contribution in [-0.4, -0.2) is 56.8 Å². The summed E-state index contributed by atoms with van der Waals surface area (Å²) >= 11 is 0. The van der Waals surface area contributed by atoms with Crippen molar-refractivity contribution in [3.05, 3.63) is 16.7 Å². The second kappa shape index (κ2) is 12.5. The lowest BCUT2D eigenvalue weighted by atomic mass is 10.00. The number of carbonyl (C=O) groups excluding carboxylic acids is 2. The number of fused-ring (bicyclic) bond motifs is 1. The molecule has 4 atom stereocenters. The standard InChI is InChI=1S/C22H37N7O5/c1-5-12(3)15(23)20(31)33-9-14(10-34-21(32)16(24)13(4)6-2)7-8-29-11-26-17-18(29)27-22(25)28-19(17)30/h11-16H,5-10,23-24H2,1-4H3,(H3,25,27,28,30)/t12?,13?,14?,15-,16-/m0/s1. The SMILES string of the molecule is CCC(C)[C@H](N)C(=O)OCC(CCn1cnc2c(=O)[nH]c(N)nc21)COC(=O)[C@@H](N)C(C)CC. The molecule has 0 spiro atoms. The maximum atomic E-state index is 12.4. The van der Waals surface area contributed by atoms with E-state index >= 15 is 0 Å². The molecule has 190 valence electrons. The van der Waals surface area contributed by atoms with Crippen LogP contribution in [0.1, 0.15) is 47.0 Å². The predicted octanol–water partition coefficient (Wildman–Crippen LogP) is 0.541. The van der Waals surface area contributed by atoms with E-state index in [-0.39, 0.29) is 42.4 Å². The van der Waals surface area contributed by atoms with Gasteiger partial charge in [-0.15, -0.1) is 0 Å². The molecule has 0 bridgehead atoms. The first-order valence-electron chi connectivity index (χ1n) is 11.6. The number of esters is 2. The maximum Gasteiger partial charge on any atom is 0.323 e. The molecule has 2 aromatic rings. The lowest BCUT2D eigenvalue weighted by Crippen LogP contribution is -2.40. The summed E-state index contributed by atoms with van der Waals surface area (Å²) in [4.78, 5) is 47.3. The van der Waals surface area contributed by atoms with Crippen molar-refractivity contribution in [1.82, 2.24) is 19.5 Å². The van der Waals surface area contributed by atoms with Crippen molar-refractivity contribution in [2.24, 2.45) is 29.2 Å². The lowest BCUT2D eigenvalue weighted by Gasteiger charge is -2.22. The molecule has 0 aliphatic carbocycles. The highest BCUT2D eigenvalue weighted by Crippen LogP contribution is 2.15. The molecular formula is C22H37N7O5. The van der Waals surface area contributed by atoms with Crippen molar-refractivity contribution in [2.45, 2.75) is 65.6 Å². The van der Waals surface area contributed by atoms with Crippen molar-refractivity contribution in [3.63, 3.8) is 0 Å². The third-order valence-electron chi connectivity index (χ3n) is 6.25. The van der Waals surface area contributed by atoms with E-state index in [0.717, 1.165) is 12.8 Å². The second-order valence-corrected chi connectivity index (χ2v) is 8.80. The van der Waals surface area contributed by atoms with Gasteiger partial charge in [-0.25, -0.2) is 4.98 Å². The predicted molar refractivity (Wildman–Crippen MR) is 127 cm³/mol. The molecule has 2 unspecified atom stereocenters. The summed E-state index contributed by atoms with van der Waals surface area (Å²) in [5.41, 5.74) is 17.7. The molecule has 0 fully saturated rings. The average Bonchev–Trinajstić information content (AvgIpc) is 3.23. The van der Waals surface area contributed by atoms with Crippen LogP contribution in [-0.2, 0) is 25.6 Å². The van der Waals surface area contributed by atoms with Crippen molar-refractivity contribution >= 4 is 29.1 Å². The normalized spacial score (nSPS) is 15.9. The molecule has 0 saturated carbocycles. The zero-order valence-corrected chi connectivity index (χ0v) is 20.3. The fourth-order valence-corrected chi connectivity index (χ4v) is 3.24. The number of aromatic nitrogens is 4. The second-order valence-electron chi connectivity index (χ2n) is 8.80. The van der Waals surface area contributed by atoms with Crippen LogP contribution in [0.4, 0.5) is 5.95 Å². The van der Waals surface area contributed by atoms with Gasteiger partial charge in [0.1, 0.15) is 12.1 Å². The minimum Gasteiger partial charge on any atom is -0.464 e. The van der Waals surface area contributed by atoms with Crippen LogP contribution in [0.5, 0.6) is 0 Å². The fourth-order valence-electron chi connectivity index (χ4n) is 3.24. The number of anilines is 1. The molecule has 2 aromatic heterocycles. The van der Waals surface area contributed by atoms with Crippen molar-refractivity contribution in [2.75, 3.05) is 18.9 Å². The molecule has 0 aliphatic rings. The zero-order chi connectivity index (χ0) is 25.4. The lowest BCUT2D eigenvalue weighted by molar-refractivity contribution is -0.152. The molecule has 0 saturated heterocycles. The molecule has 12 heteroatoms. The van der Waals surface area contributed by atoms with E-state index in [2.05, 4.69) is 15.0 Å². The number of hydrogen-bond donors (Lipinski definition) is 4. The Morgan fingerprint density at radius 1 is 1.06 bits per heavy atom. The fraction of sp³-hybridized carbons (Fsp3) is 0.682. The van der Waals surface area contributed by atoms with Gasteiger partial charge in [0.05, 0.1) is 19.5 Å². The van der Waals surface area contributed by atoms with E-state index < -0.39 is 29.6 Å². The molecule has 7 N–H and O–H groups in total.